The summed E-state index contributed by atoms with van der Waals surface area (Å²) in [5, 5.41) is 0. The van der Waals surface area contributed by atoms with Crippen LogP contribution in [0.5, 0.6) is 0 Å². The molecule has 2 nitrogen and oxygen atoms in total. The SMILES string of the molecule is C(#Cc1ccc(-c2nc3ccccc3nc2-c2ccc(C#Cc3ccc(Sc4ccccc4)cc3)cc2)cc1)c1ccc(Sc2ccccc2)cc1. The Labute approximate surface area is 313 Å². The topological polar surface area (TPSA) is 25.8 Å². The van der Waals surface area contributed by atoms with Crippen LogP contribution in [0.1, 0.15) is 22.3 Å². The molecule has 0 saturated carbocycles. The molecule has 0 aliphatic carbocycles. The van der Waals surface area contributed by atoms with Crippen molar-refractivity contribution in [2.75, 3.05) is 0 Å². The molecule has 0 amide bonds. The first-order valence-corrected chi connectivity index (χ1v) is 18.5. The minimum atomic E-state index is 0.831. The average molecular weight is 699 g/mol. The van der Waals surface area contributed by atoms with Gasteiger partial charge in [0.2, 0.25) is 0 Å². The van der Waals surface area contributed by atoms with Gasteiger partial charge in [-0.3, -0.25) is 0 Å². The Morgan fingerprint density at radius 1 is 0.288 bits per heavy atom. The van der Waals surface area contributed by atoms with Crippen molar-refractivity contribution >= 4 is 34.6 Å². The number of rotatable bonds is 6. The molecule has 1 aromatic heterocycles. The highest BCUT2D eigenvalue weighted by Crippen LogP contribution is 2.32. The lowest BCUT2D eigenvalue weighted by Crippen LogP contribution is -1.95. The molecule has 52 heavy (non-hydrogen) atoms. The molecule has 0 bridgehead atoms. The Bertz CT molecular complexity index is 2390. The number of nitrogens with zero attached hydrogens (tertiary/aromatic N) is 2. The van der Waals surface area contributed by atoms with Crippen molar-refractivity contribution in [3.63, 3.8) is 0 Å². The first-order valence-electron chi connectivity index (χ1n) is 16.9. The summed E-state index contributed by atoms with van der Waals surface area (Å²) < 4.78 is 0. The third-order valence-electron chi connectivity index (χ3n) is 8.26. The number of hydrogen-bond donors (Lipinski definition) is 0. The van der Waals surface area contributed by atoms with Crippen molar-refractivity contribution in [3.05, 3.63) is 204 Å². The van der Waals surface area contributed by atoms with Gasteiger partial charge in [0.25, 0.3) is 0 Å². The largest absolute Gasteiger partial charge is 0.244 e. The molecule has 0 aliphatic heterocycles. The van der Waals surface area contributed by atoms with Gasteiger partial charge in [-0.15, -0.1) is 0 Å². The molecule has 244 valence electrons. The predicted molar refractivity (Wildman–Crippen MR) is 216 cm³/mol. The van der Waals surface area contributed by atoms with E-state index in [9.17, 15) is 0 Å². The van der Waals surface area contributed by atoms with E-state index in [1.54, 1.807) is 23.5 Å². The average Bonchev–Trinajstić information content (AvgIpc) is 3.21. The smallest absolute Gasteiger partial charge is 0.0973 e. The molecule has 0 spiro atoms. The van der Waals surface area contributed by atoms with Crippen LogP contribution < -0.4 is 0 Å². The molecular formula is C48H30N2S2. The van der Waals surface area contributed by atoms with Crippen molar-refractivity contribution < 1.29 is 0 Å². The summed E-state index contributed by atoms with van der Waals surface area (Å²) >= 11 is 3.49. The van der Waals surface area contributed by atoms with E-state index >= 15 is 0 Å². The van der Waals surface area contributed by atoms with Gasteiger partial charge < -0.3 is 0 Å². The molecular weight excluding hydrogens is 669 g/mol. The van der Waals surface area contributed by atoms with E-state index in [-0.39, 0.29) is 0 Å². The molecule has 0 radical (unpaired) electrons. The van der Waals surface area contributed by atoms with Crippen LogP contribution in [0.15, 0.2) is 202 Å². The Hall–Kier alpha value is -6.30. The Morgan fingerprint density at radius 2 is 0.577 bits per heavy atom. The summed E-state index contributed by atoms with van der Waals surface area (Å²) in [7, 11) is 0. The lowest BCUT2D eigenvalue weighted by molar-refractivity contribution is 1.29. The lowest BCUT2D eigenvalue weighted by Gasteiger charge is -2.11. The Kier molecular flexibility index (Phi) is 9.94. The molecule has 0 fully saturated rings. The molecule has 8 rings (SSSR count). The summed E-state index contributed by atoms with van der Waals surface area (Å²) in [5.41, 5.74) is 9.18. The van der Waals surface area contributed by atoms with Crippen LogP contribution in [0.3, 0.4) is 0 Å². The fraction of sp³-hybridized carbons (Fsp3) is 0. The highest BCUT2D eigenvalue weighted by atomic mass is 32.2. The Balaban J connectivity index is 0.999. The second-order valence-electron chi connectivity index (χ2n) is 11.9. The van der Waals surface area contributed by atoms with Gasteiger partial charge in [-0.2, -0.15) is 0 Å². The summed E-state index contributed by atoms with van der Waals surface area (Å²) in [4.78, 5) is 15.0. The zero-order valence-electron chi connectivity index (χ0n) is 28.0. The van der Waals surface area contributed by atoms with Gasteiger partial charge in [0.1, 0.15) is 0 Å². The first-order chi connectivity index (χ1) is 25.7. The molecule has 0 atom stereocenters. The molecule has 0 unspecified atom stereocenters. The molecule has 0 N–H and O–H groups in total. The second-order valence-corrected chi connectivity index (χ2v) is 14.2. The van der Waals surface area contributed by atoms with Crippen LogP contribution in [0.25, 0.3) is 33.5 Å². The monoisotopic (exact) mass is 698 g/mol. The van der Waals surface area contributed by atoms with Gasteiger partial charge in [-0.25, -0.2) is 9.97 Å². The van der Waals surface area contributed by atoms with Gasteiger partial charge in [-0.05, 0) is 109 Å². The molecule has 7 aromatic carbocycles. The standard InChI is InChI=1S/C48H30N2S2/c1-3-9-41(10-4-1)51-43-31-23-37(24-32-43)17-15-35-19-27-39(28-20-35)47-48(50-46-14-8-7-13-45(46)49-47)40-29-21-36(22-30-40)16-18-38-25-33-44(34-26-38)52-42-11-5-2-6-12-42/h1-14,19-34H. The number of hydrogen-bond acceptors (Lipinski definition) is 4. The van der Waals surface area contributed by atoms with Gasteiger partial charge in [-0.1, -0.05) is 120 Å². The van der Waals surface area contributed by atoms with Crippen molar-refractivity contribution in [1.29, 1.82) is 0 Å². The number of fused-ring (bicyclic) bond motifs is 1. The molecule has 0 saturated heterocycles. The Morgan fingerprint density at radius 3 is 0.923 bits per heavy atom. The van der Waals surface area contributed by atoms with E-state index in [1.807, 2.05) is 60.7 Å². The number of benzene rings is 7. The second kappa shape index (κ2) is 15.7. The summed E-state index contributed by atoms with van der Waals surface area (Å²) in [6, 6.07) is 62.1. The normalized spacial score (nSPS) is 10.5. The zero-order chi connectivity index (χ0) is 35.0. The van der Waals surface area contributed by atoms with Crippen LogP contribution in [0.2, 0.25) is 0 Å². The third kappa shape index (κ3) is 8.18. The summed E-state index contributed by atoms with van der Waals surface area (Å²) in [5.74, 6) is 13.3. The zero-order valence-corrected chi connectivity index (χ0v) is 29.7. The van der Waals surface area contributed by atoms with Crippen molar-refractivity contribution in [1.82, 2.24) is 9.97 Å². The van der Waals surface area contributed by atoms with Crippen LogP contribution in [-0.4, -0.2) is 9.97 Å². The predicted octanol–water partition coefficient (Wildman–Crippen LogP) is 12.1. The molecule has 0 aliphatic rings. The van der Waals surface area contributed by atoms with E-state index in [1.165, 1.54) is 19.6 Å². The number of para-hydroxylation sites is 2. The summed E-state index contributed by atoms with van der Waals surface area (Å²) in [6.45, 7) is 0. The lowest BCUT2D eigenvalue weighted by atomic mass is 10.0. The van der Waals surface area contributed by atoms with Crippen molar-refractivity contribution in [3.8, 4) is 46.2 Å². The number of aromatic nitrogens is 2. The van der Waals surface area contributed by atoms with E-state index in [0.29, 0.717) is 0 Å². The van der Waals surface area contributed by atoms with Gasteiger partial charge in [0.15, 0.2) is 0 Å². The van der Waals surface area contributed by atoms with Crippen LogP contribution in [0, 0.1) is 23.7 Å². The van der Waals surface area contributed by atoms with Crippen molar-refractivity contribution in [2.24, 2.45) is 0 Å². The third-order valence-corrected chi connectivity index (χ3v) is 10.3. The van der Waals surface area contributed by atoms with Crippen molar-refractivity contribution in [2.45, 2.75) is 19.6 Å². The van der Waals surface area contributed by atoms with Gasteiger partial charge >= 0.3 is 0 Å². The summed E-state index contributed by atoms with van der Waals surface area (Å²) in [6.07, 6.45) is 0. The molecule has 1 heterocycles. The quantitative estimate of drug-likeness (QED) is 0.161. The van der Waals surface area contributed by atoms with Crippen LogP contribution >= 0.6 is 23.5 Å². The van der Waals surface area contributed by atoms with E-state index in [0.717, 1.165) is 55.8 Å². The fourth-order valence-electron chi connectivity index (χ4n) is 5.58. The van der Waals surface area contributed by atoms with Crippen LogP contribution in [-0.2, 0) is 0 Å². The first kappa shape index (κ1) is 32.9. The molecule has 4 heteroatoms. The maximum Gasteiger partial charge on any atom is 0.0973 e. The molecule has 8 aromatic rings. The minimum Gasteiger partial charge on any atom is -0.244 e. The minimum absolute atomic E-state index is 0.831. The highest BCUT2D eigenvalue weighted by molar-refractivity contribution is 7.99. The maximum absolute atomic E-state index is 5.08. The highest BCUT2D eigenvalue weighted by Gasteiger charge is 2.13. The van der Waals surface area contributed by atoms with Gasteiger partial charge in [0, 0.05) is 53.0 Å². The van der Waals surface area contributed by atoms with E-state index in [4.69, 9.17) is 9.97 Å². The maximum atomic E-state index is 5.08. The van der Waals surface area contributed by atoms with Crippen LogP contribution in [0.4, 0.5) is 0 Å². The fourth-order valence-corrected chi connectivity index (χ4v) is 7.25. The van der Waals surface area contributed by atoms with E-state index in [2.05, 4.69) is 145 Å². The van der Waals surface area contributed by atoms with E-state index < -0.39 is 0 Å². The van der Waals surface area contributed by atoms with Gasteiger partial charge in [0.05, 0.1) is 22.4 Å².